The van der Waals surface area contributed by atoms with Gasteiger partial charge in [-0.05, 0) is 20.8 Å². The molecule has 2 N–H and O–H groups in total. The van der Waals surface area contributed by atoms with Crippen LogP contribution in [0.4, 0.5) is 5.82 Å². The van der Waals surface area contributed by atoms with Gasteiger partial charge < -0.3 is 15.2 Å². The predicted octanol–water partition coefficient (Wildman–Crippen LogP) is 1.07. The highest BCUT2D eigenvalue weighted by Gasteiger charge is 2.14. The first kappa shape index (κ1) is 12.2. The van der Waals surface area contributed by atoms with Gasteiger partial charge in [0.15, 0.2) is 0 Å². The lowest BCUT2D eigenvalue weighted by atomic mass is 10.3. The fourth-order valence-electron chi connectivity index (χ4n) is 1.13. The second-order valence-corrected chi connectivity index (χ2v) is 3.29. The lowest BCUT2D eigenvalue weighted by Crippen LogP contribution is -2.26. The van der Waals surface area contributed by atoms with Crippen LogP contribution in [0.25, 0.3) is 0 Å². The first-order valence-corrected chi connectivity index (χ1v) is 5.00. The predicted molar refractivity (Wildman–Crippen MR) is 58.7 cm³/mol. The molecule has 1 unspecified atom stereocenters. The van der Waals surface area contributed by atoms with Crippen molar-refractivity contribution in [3.05, 3.63) is 11.9 Å². The fourth-order valence-corrected chi connectivity index (χ4v) is 1.13. The second-order valence-electron chi connectivity index (χ2n) is 3.29. The molecule has 0 aliphatic rings. The van der Waals surface area contributed by atoms with Gasteiger partial charge >= 0.3 is 5.97 Å². The number of anilines is 1. The van der Waals surface area contributed by atoms with E-state index in [1.54, 1.807) is 13.8 Å². The summed E-state index contributed by atoms with van der Waals surface area (Å²) in [6, 6.07) is -0.705. The molecule has 1 aromatic heterocycles. The van der Waals surface area contributed by atoms with Crippen LogP contribution in [0.3, 0.4) is 0 Å². The summed E-state index contributed by atoms with van der Waals surface area (Å²) in [5, 5.41) is 11.5. The summed E-state index contributed by atoms with van der Waals surface area (Å²) in [5.74, 6) is 0.0157. The van der Waals surface area contributed by atoms with Crippen molar-refractivity contribution in [1.82, 2.24) is 9.97 Å². The van der Waals surface area contributed by atoms with Gasteiger partial charge in [-0.25, -0.2) is 9.97 Å². The summed E-state index contributed by atoms with van der Waals surface area (Å²) in [6.07, 6.45) is 1.34. The maximum atomic E-state index is 10.7. The van der Waals surface area contributed by atoms with Gasteiger partial charge in [-0.2, -0.15) is 0 Å². The third-order valence-electron chi connectivity index (χ3n) is 2.04. The van der Waals surface area contributed by atoms with Gasteiger partial charge in [-0.1, -0.05) is 0 Å². The average Bonchev–Trinajstić information content (AvgIpc) is 2.24. The highest BCUT2D eigenvalue weighted by molar-refractivity contribution is 5.76. The summed E-state index contributed by atoms with van der Waals surface area (Å²) in [6.45, 7) is 5.69. The van der Waals surface area contributed by atoms with E-state index in [4.69, 9.17) is 9.84 Å². The molecule has 0 spiro atoms. The third kappa shape index (κ3) is 2.82. The van der Waals surface area contributed by atoms with Gasteiger partial charge in [0.05, 0.1) is 12.2 Å². The number of aromatic nitrogens is 2. The summed E-state index contributed by atoms with van der Waals surface area (Å²) in [5.41, 5.74) is 0.706. The topological polar surface area (TPSA) is 84.3 Å². The average molecular weight is 225 g/mol. The van der Waals surface area contributed by atoms with E-state index in [0.717, 1.165) is 0 Å². The summed E-state index contributed by atoms with van der Waals surface area (Å²) >= 11 is 0. The Labute approximate surface area is 93.7 Å². The van der Waals surface area contributed by atoms with Gasteiger partial charge in [-0.3, -0.25) is 4.79 Å². The van der Waals surface area contributed by atoms with E-state index >= 15 is 0 Å². The zero-order valence-corrected chi connectivity index (χ0v) is 9.52. The number of ether oxygens (including phenoxy) is 1. The molecular weight excluding hydrogens is 210 g/mol. The van der Waals surface area contributed by atoms with Crippen molar-refractivity contribution >= 4 is 11.8 Å². The maximum Gasteiger partial charge on any atom is 0.325 e. The number of nitrogens with zero attached hydrogens (tertiary/aromatic N) is 2. The van der Waals surface area contributed by atoms with E-state index < -0.39 is 12.0 Å². The van der Waals surface area contributed by atoms with Crippen LogP contribution in [0.5, 0.6) is 5.88 Å². The summed E-state index contributed by atoms with van der Waals surface area (Å²) < 4.78 is 5.28. The number of carbonyl (C=O) groups is 1. The van der Waals surface area contributed by atoms with Crippen LogP contribution in [0.1, 0.15) is 19.4 Å². The Morgan fingerprint density at radius 2 is 2.31 bits per heavy atom. The number of rotatable bonds is 5. The van der Waals surface area contributed by atoms with Crippen LogP contribution < -0.4 is 10.1 Å². The van der Waals surface area contributed by atoms with E-state index in [2.05, 4.69) is 15.3 Å². The van der Waals surface area contributed by atoms with E-state index in [1.807, 2.05) is 6.92 Å². The number of nitrogens with one attached hydrogen (secondary N) is 1. The van der Waals surface area contributed by atoms with Crippen molar-refractivity contribution in [1.29, 1.82) is 0 Å². The lowest BCUT2D eigenvalue weighted by molar-refractivity contribution is -0.137. The van der Waals surface area contributed by atoms with Crippen LogP contribution in [-0.4, -0.2) is 33.7 Å². The SMILES string of the molecule is CCOc1ncnc(NC(C)C(=O)O)c1C. The highest BCUT2D eigenvalue weighted by atomic mass is 16.5. The Kier molecular flexibility index (Phi) is 4.04. The minimum atomic E-state index is -0.934. The Morgan fingerprint density at radius 3 is 2.88 bits per heavy atom. The van der Waals surface area contributed by atoms with Gasteiger partial charge in [0.2, 0.25) is 5.88 Å². The second kappa shape index (κ2) is 5.29. The molecule has 1 atom stereocenters. The van der Waals surface area contributed by atoms with E-state index in [9.17, 15) is 4.79 Å². The molecule has 0 aliphatic carbocycles. The molecule has 1 heterocycles. The lowest BCUT2D eigenvalue weighted by Gasteiger charge is -2.13. The molecule has 0 aliphatic heterocycles. The van der Waals surface area contributed by atoms with Crippen LogP contribution in [0, 0.1) is 6.92 Å². The Balaban J connectivity index is 2.88. The monoisotopic (exact) mass is 225 g/mol. The zero-order chi connectivity index (χ0) is 12.1. The molecular formula is C10H15N3O3. The molecule has 0 saturated heterocycles. The third-order valence-corrected chi connectivity index (χ3v) is 2.04. The van der Waals surface area contributed by atoms with Crippen molar-refractivity contribution in [3.63, 3.8) is 0 Å². The zero-order valence-electron chi connectivity index (χ0n) is 9.52. The van der Waals surface area contributed by atoms with Gasteiger partial charge in [0.25, 0.3) is 0 Å². The Morgan fingerprint density at radius 1 is 1.62 bits per heavy atom. The van der Waals surface area contributed by atoms with Crippen molar-refractivity contribution < 1.29 is 14.6 Å². The minimum Gasteiger partial charge on any atom is -0.480 e. The van der Waals surface area contributed by atoms with E-state index in [1.165, 1.54) is 6.33 Å². The van der Waals surface area contributed by atoms with Gasteiger partial charge in [-0.15, -0.1) is 0 Å². The minimum absolute atomic E-state index is 0.470. The molecule has 0 aromatic carbocycles. The largest absolute Gasteiger partial charge is 0.480 e. The van der Waals surface area contributed by atoms with E-state index in [0.29, 0.717) is 23.9 Å². The first-order chi connectivity index (χ1) is 7.56. The molecule has 6 nitrogen and oxygen atoms in total. The molecule has 88 valence electrons. The highest BCUT2D eigenvalue weighted by Crippen LogP contribution is 2.20. The van der Waals surface area contributed by atoms with Crippen molar-refractivity contribution in [2.75, 3.05) is 11.9 Å². The quantitative estimate of drug-likeness (QED) is 0.779. The first-order valence-electron chi connectivity index (χ1n) is 5.00. The van der Waals surface area contributed by atoms with Crippen molar-refractivity contribution in [2.45, 2.75) is 26.8 Å². The van der Waals surface area contributed by atoms with Gasteiger partial charge in [0, 0.05) is 0 Å². The number of hydrogen-bond donors (Lipinski definition) is 2. The van der Waals surface area contributed by atoms with E-state index in [-0.39, 0.29) is 0 Å². The standard InChI is InChI=1S/C10H15N3O3/c1-4-16-9-6(2)8(11-5-12-9)13-7(3)10(14)15/h5,7H,4H2,1-3H3,(H,14,15)(H,11,12,13). The molecule has 0 saturated carbocycles. The smallest absolute Gasteiger partial charge is 0.325 e. The number of aliphatic carboxylic acids is 1. The fraction of sp³-hybridized carbons (Fsp3) is 0.500. The van der Waals surface area contributed by atoms with Crippen LogP contribution in [-0.2, 0) is 4.79 Å². The molecule has 6 heteroatoms. The van der Waals surface area contributed by atoms with Crippen LogP contribution in [0.15, 0.2) is 6.33 Å². The summed E-state index contributed by atoms with van der Waals surface area (Å²) in [7, 11) is 0. The van der Waals surface area contributed by atoms with Crippen molar-refractivity contribution in [3.8, 4) is 5.88 Å². The number of carboxylic acids is 1. The van der Waals surface area contributed by atoms with Crippen LogP contribution in [0.2, 0.25) is 0 Å². The Bertz CT molecular complexity index is 382. The summed E-state index contributed by atoms with van der Waals surface area (Å²) in [4.78, 5) is 18.6. The molecule has 0 bridgehead atoms. The maximum absolute atomic E-state index is 10.7. The normalized spacial score (nSPS) is 11.9. The molecule has 0 fully saturated rings. The molecule has 0 radical (unpaired) electrons. The van der Waals surface area contributed by atoms with Gasteiger partial charge in [0.1, 0.15) is 18.2 Å². The molecule has 0 amide bonds. The number of carboxylic acid groups (broad SMARTS) is 1. The molecule has 16 heavy (non-hydrogen) atoms. The van der Waals surface area contributed by atoms with Crippen LogP contribution >= 0.6 is 0 Å². The van der Waals surface area contributed by atoms with Crippen molar-refractivity contribution in [2.24, 2.45) is 0 Å². The Hall–Kier alpha value is -1.85. The number of hydrogen-bond acceptors (Lipinski definition) is 5. The molecule has 1 rings (SSSR count). The molecule has 1 aromatic rings.